The number of carbonyl (C=O) groups excluding carboxylic acids is 1. The third-order valence-electron chi connectivity index (χ3n) is 2.90. The van der Waals surface area contributed by atoms with Crippen molar-refractivity contribution in [1.82, 2.24) is 0 Å². The number of rotatable bonds is 3. The lowest BCUT2D eigenvalue weighted by Crippen LogP contribution is -2.11. The third-order valence-corrected chi connectivity index (χ3v) is 2.90. The van der Waals surface area contributed by atoms with Crippen molar-refractivity contribution in [3.63, 3.8) is 0 Å². The molecular formula is C13H17NO2. The minimum Gasteiger partial charge on any atom is -0.466 e. The summed E-state index contributed by atoms with van der Waals surface area (Å²) < 4.78 is 4.98. The zero-order valence-electron chi connectivity index (χ0n) is 9.75. The lowest BCUT2D eigenvalue weighted by atomic mass is 9.96. The van der Waals surface area contributed by atoms with E-state index in [1.807, 2.05) is 6.92 Å². The summed E-state index contributed by atoms with van der Waals surface area (Å²) in [6.07, 6.45) is 0.470. The maximum atomic E-state index is 11.4. The van der Waals surface area contributed by atoms with Gasteiger partial charge in [0.05, 0.1) is 13.0 Å². The van der Waals surface area contributed by atoms with Crippen LogP contribution in [-0.2, 0) is 9.53 Å². The number of esters is 1. The van der Waals surface area contributed by atoms with Crippen molar-refractivity contribution in [2.24, 2.45) is 0 Å². The van der Waals surface area contributed by atoms with Gasteiger partial charge in [-0.3, -0.25) is 4.79 Å². The fourth-order valence-corrected chi connectivity index (χ4v) is 2.13. The summed E-state index contributed by atoms with van der Waals surface area (Å²) in [4.78, 5) is 11.4. The molecule has 86 valence electrons. The summed E-state index contributed by atoms with van der Waals surface area (Å²) in [7, 11) is 0. The molecule has 1 heterocycles. The van der Waals surface area contributed by atoms with E-state index >= 15 is 0 Å². The number of benzene rings is 1. The van der Waals surface area contributed by atoms with E-state index < -0.39 is 0 Å². The minimum absolute atomic E-state index is 0.108. The number of hydrogen-bond acceptors (Lipinski definition) is 3. The second kappa shape index (κ2) is 4.56. The summed E-state index contributed by atoms with van der Waals surface area (Å²) in [6, 6.07) is 6.31. The van der Waals surface area contributed by atoms with E-state index in [0.29, 0.717) is 13.0 Å². The number of anilines is 1. The van der Waals surface area contributed by atoms with Crippen LogP contribution in [0.5, 0.6) is 0 Å². The van der Waals surface area contributed by atoms with Crippen molar-refractivity contribution < 1.29 is 9.53 Å². The highest BCUT2D eigenvalue weighted by Crippen LogP contribution is 2.34. The van der Waals surface area contributed by atoms with Crippen LogP contribution in [0, 0.1) is 6.92 Å². The summed E-state index contributed by atoms with van der Waals surface area (Å²) in [5.74, 6) is 0.151. The summed E-state index contributed by atoms with van der Waals surface area (Å²) in [5, 5.41) is 3.32. The van der Waals surface area contributed by atoms with Crippen molar-refractivity contribution in [2.75, 3.05) is 18.5 Å². The van der Waals surface area contributed by atoms with Gasteiger partial charge < -0.3 is 10.1 Å². The van der Waals surface area contributed by atoms with Gasteiger partial charge in [0.25, 0.3) is 0 Å². The number of nitrogens with one attached hydrogen (secondary N) is 1. The Hall–Kier alpha value is -1.51. The molecular weight excluding hydrogens is 202 g/mol. The van der Waals surface area contributed by atoms with E-state index in [9.17, 15) is 4.79 Å². The molecule has 0 amide bonds. The zero-order valence-corrected chi connectivity index (χ0v) is 9.75. The lowest BCUT2D eigenvalue weighted by Gasteiger charge is -2.09. The Morgan fingerprint density at radius 2 is 2.38 bits per heavy atom. The van der Waals surface area contributed by atoms with E-state index in [1.165, 1.54) is 11.1 Å². The molecule has 3 heteroatoms. The van der Waals surface area contributed by atoms with Crippen LogP contribution in [-0.4, -0.2) is 19.1 Å². The molecule has 16 heavy (non-hydrogen) atoms. The second-order valence-electron chi connectivity index (χ2n) is 4.18. The Bertz CT molecular complexity index is 401. The summed E-state index contributed by atoms with van der Waals surface area (Å²) in [5.41, 5.74) is 3.63. The predicted octanol–water partition coefficient (Wildman–Crippen LogP) is 2.46. The van der Waals surface area contributed by atoms with Gasteiger partial charge in [0.1, 0.15) is 0 Å². The molecule has 0 saturated heterocycles. The van der Waals surface area contributed by atoms with Gasteiger partial charge in [-0.25, -0.2) is 0 Å². The Kier molecular flexibility index (Phi) is 3.13. The van der Waals surface area contributed by atoms with E-state index in [1.54, 1.807) is 0 Å². The van der Waals surface area contributed by atoms with Crippen LogP contribution in [0.25, 0.3) is 0 Å². The first-order chi connectivity index (χ1) is 7.70. The molecule has 0 aliphatic carbocycles. The van der Waals surface area contributed by atoms with Crippen molar-refractivity contribution in [1.29, 1.82) is 0 Å². The molecule has 2 rings (SSSR count). The van der Waals surface area contributed by atoms with Gasteiger partial charge in [0, 0.05) is 18.2 Å². The first-order valence-corrected chi connectivity index (χ1v) is 5.70. The molecule has 1 N–H and O–H groups in total. The molecule has 0 fully saturated rings. The van der Waals surface area contributed by atoms with Crippen molar-refractivity contribution in [3.05, 3.63) is 29.3 Å². The molecule has 1 aromatic carbocycles. The van der Waals surface area contributed by atoms with Crippen LogP contribution in [0.1, 0.15) is 30.4 Å². The predicted molar refractivity (Wildman–Crippen MR) is 63.7 cm³/mol. The summed E-state index contributed by atoms with van der Waals surface area (Å²) >= 11 is 0. The topological polar surface area (TPSA) is 38.3 Å². The molecule has 1 unspecified atom stereocenters. The second-order valence-corrected chi connectivity index (χ2v) is 4.18. The highest BCUT2D eigenvalue weighted by molar-refractivity contribution is 5.72. The van der Waals surface area contributed by atoms with Gasteiger partial charge in [0.2, 0.25) is 0 Å². The monoisotopic (exact) mass is 219 g/mol. The minimum atomic E-state index is -0.108. The van der Waals surface area contributed by atoms with E-state index in [-0.39, 0.29) is 11.9 Å². The molecule has 0 bridgehead atoms. The molecule has 0 aromatic heterocycles. The first-order valence-electron chi connectivity index (χ1n) is 5.70. The van der Waals surface area contributed by atoms with Gasteiger partial charge in [-0.05, 0) is 25.5 Å². The fourth-order valence-electron chi connectivity index (χ4n) is 2.13. The van der Waals surface area contributed by atoms with E-state index in [2.05, 4.69) is 30.4 Å². The first kappa shape index (κ1) is 11.0. The number of hydrogen-bond donors (Lipinski definition) is 1. The van der Waals surface area contributed by atoms with Crippen LogP contribution >= 0.6 is 0 Å². The van der Waals surface area contributed by atoms with Gasteiger partial charge >= 0.3 is 5.97 Å². The molecule has 1 aliphatic rings. The highest BCUT2D eigenvalue weighted by Gasteiger charge is 2.24. The van der Waals surface area contributed by atoms with Crippen molar-refractivity contribution >= 4 is 11.7 Å². The third kappa shape index (κ3) is 2.18. The smallest absolute Gasteiger partial charge is 0.306 e. The maximum absolute atomic E-state index is 11.4. The Labute approximate surface area is 95.8 Å². The SMILES string of the molecule is CCOC(=O)CC1CNc2ccc(C)cc21. The van der Waals surface area contributed by atoms with E-state index in [0.717, 1.165) is 12.2 Å². The molecule has 0 spiro atoms. The largest absolute Gasteiger partial charge is 0.466 e. The van der Waals surface area contributed by atoms with Gasteiger partial charge in [-0.15, -0.1) is 0 Å². The normalized spacial score (nSPS) is 17.8. The number of carbonyl (C=O) groups is 1. The number of ether oxygens (including phenoxy) is 1. The maximum Gasteiger partial charge on any atom is 0.306 e. The van der Waals surface area contributed by atoms with Crippen LogP contribution < -0.4 is 5.32 Å². The number of aryl methyl sites for hydroxylation is 1. The van der Waals surface area contributed by atoms with E-state index in [4.69, 9.17) is 4.74 Å². The molecule has 0 saturated carbocycles. The number of fused-ring (bicyclic) bond motifs is 1. The molecule has 3 nitrogen and oxygen atoms in total. The highest BCUT2D eigenvalue weighted by atomic mass is 16.5. The van der Waals surface area contributed by atoms with Crippen LogP contribution in [0.2, 0.25) is 0 Å². The standard InChI is InChI=1S/C13H17NO2/c1-3-16-13(15)7-10-8-14-12-5-4-9(2)6-11(10)12/h4-6,10,14H,3,7-8H2,1-2H3. The zero-order chi connectivity index (χ0) is 11.5. The van der Waals surface area contributed by atoms with Crippen LogP contribution in [0.4, 0.5) is 5.69 Å². The Morgan fingerprint density at radius 3 is 3.12 bits per heavy atom. The lowest BCUT2D eigenvalue weighted by molar-refractivity contribution is -0.143. The molecule has 1 aliphatic heterocycles. The van der Waals surface area contributed by atoms with Crippen LogP contribution in [0.15, 0.2) is 18.2 Å². The van der Waals surface area contributed by atoms with Crippen LogP contribution in [0.3, 0.4) is 0 Å². The fraction of sp³-hybridized carbons (Fsp3) is 0.462. The average molecular weight is 219 g/mol. The van der Waals surface area contributed by atoms with Gasteiger partial charge in [0.15, 0.2) is 0 Å². The van der Waals surface area contributed by atoms with Crippen molar-refractivity contribution in [3.8, 4) is 0 Å². The van der Waals surface area contributed by atoms with Gasteiger partial charge in [-0.1, -0.05) is 17.7 Å². The van der Waals surface area contributed by atoms with Crippen molar-refractivity contribution in [2.45, 2.75) is 26.2 Å². The Balaban J connectivity index is 2.11. The quantitative estimate of drug-likeness (QED) is 0.794. The molecule has 0 radical (unpaired) electrons. The van der Waals surface area contributed by atoms with Gasteiger partial charge in [-0.2, -0.15) is 0 Å². The summed E-state index contributed by atoms with van der Waals surface area (Å²) in [6.45, 7) is 5.19. The average Bonchev–Trinajstić information content (AvgIpc) is 2.61. The Morgan fingerprint density at radius 1 is 1.56 bits per heavy atom. The molecule has 1 atom stereocenters. The molecule has 1 aromatic rings.